The van der Waals surface area contributed by atoms with E-state index in [0.29, 0.717) is 24.0 Å². The van der Waals surface area contributed by atoms with Gasteiger partial charge in [0.1, 0.15) is 0 Å². The molecule has 0 unspecified atom stereocenters. The Balaban J connectivity index is 1.55. The number of benzene rings is 2. The lowest BCUT2D eigenvalue weighted by Gasteiger charge is -2.05. The third kappa shape index (κ3) is 7.53. The molecule has 0 radical (unpaired) electrons. The zero-order chi connectivity index (χ0) is 20.2. The summed E-state index contributed by atoms with van der Waals surface area (Å²) in [5.74, 6) is -1.50. The van der Waals surface area contributed by atoms with Crippen molar-refractivity contribution in [3.63, 3.8) is 0 Å². The molecule has 0 aliphatic rings. The summed E-state index contributed by atoms with van der Waals surface area (Å²) in [5, 5.41) is 0. The van der Waals surface area contributed by atoms with Gasteiger partial charge in [-0.05, 0) is 12.8 Å². The van der Waals surface area contributed by atoms with Crippen LogP contribution in [0.25, 0.3) is 0 Å². The molecular weight excluding hydrogens is 360 g/mol. The van der Waals surface area contributed by atoms with Crippen molar-refractivity contribution >= 4 is 23.5 Å². The Morgan fingerprint density at radius 2 is 0.929 bits per heavy atom. The zero-order valence-corrected chi connectivity index (χ0v) is 15.5. The molecule has 0 fully saturated rings. The highest BCUT2D eigenvalue weighted by Crippen LogP contribution is 2.06. The highest BCUT2D eigenvalue weighted by Gasteiger charge is 2.11. The van der Waals surface area contributed by atoms with Crippen LogP contribution in [0.2, 0.25) is 0 Å². The molecule has 0 heterocycles. The molecule has 2 rings (SSSR count). The fourth-order valence-electron chi connectivity index (χ4n) is 2.39. The van der Waals surface area contributed by atoms with Crippen LogP contribution in [0.15, 0.2) is 60.7 Å². The number of ketones is 2. The van der Waals surface area contributed by atoms with Crippen molar-refractivity contribution in [2.75, 3.05) is 13.2 Å². The van der Waals surface area contributed by atoms with Gasteiger partial charge < -0.3 is 9.47 Å². The van der Waals surface area contributed by atoms with E-state index in [1.807, 2.05) is 0 Å². The normalized spacial score (nSPS) is 10.1. The van der Waals surface area contributed by atoms with Crippen molar-refractivity contribution in [3.8, 4) is 0 Å². The summed E-state index contributed by atoms with van der Waals surface area (Å²) in [5.41, 5.74) is 0.978. The molecule has 2 aromatic carbocycles. The third-order valence-electron chi connectivity index (χ3n) is 3.93. The standard InChI is InChI=1S/C22H22O6/c23-19(17-9-3-1-4-10-17)15-27-21(25)13-7-8-14-22(26)28-16-20(24)18-11-5-2-6-12-18/h1-6,9-12H,7-8,13-16H2. The lowest BCUT2D eigenvalue weighted by Crippen LogP contribution is -2.15. The van der Waals surface area contributed by atoms with Crippen molar-refractivity contribution in [2.45, 2.75) is 25.7 Å². The van der Waals surface area contributed by atoms with Crippen molar-refractivity contribution < 1.29 is 28.7 Å². The van der Waals surface area contributed by atoms with Crippen LogP contribution in [0.1, 0.15) is 46.4 Å². The van der Waals surface area contributed by atoms with Crippen LogP contribution in [0.5, 0.6) is 0 Å². The summed E-state index contributed by atoms with van der Waals surface area (Å²) < 4.78 is 9.89. The fraction of sp³-hybridized carbons (Fsp3) is 0.273. The molecule has 28 heavy (non-hydrogen) atoms. The number of rotatable bonds is 11. The van der Waals surface area contributed by atoms with Crippen LogP contribution >= 0.6 is 0 Å². The van der Waals surface area contributed by atoms with E-state index < -0.39 is 11.9 Å². The van der Waals surface area contributed by atoms with Crippen LogP contribution in [-0.4, -0.2) is 36.7 Å². The highest BCUT2D eigenvalue weighted by molar-refractivity contribution is 5.98. The maximum Gasteiger partial charge on any atom is 0.306 e. The van der Waals surface area contributed by atoms with Gasteiger partial charge >= 0.3 is 11.9 Å². The quantitative estimate of drug-likeness (QED) is 0.336. The Labute approximate surface area is 163 Å². The van der Waals surface area contributed by atoms with E-state index >= 15 is 0 Å². The maximum absolute atomic E-state index is 11.8. The monoisotopic (exact) mass is 382 g/mol. The van der Waals surface area contributed by atoms with E-state index in [1.165, 1.54) is 0 Å². The molecule has 2 aromatic rings. The molecule has 0 saturated heterocycles. The van der Waals surface area contributed by atoms with Gasteiger partial charge in [0.25, 0.3) is 0 Å². The Bertz CT molecular complexity index is 729. The zero-order valence-electron chi connectivity index (χ0n) is 15.5. The molecule has 6 heteroatoms. The summed E-state index contributed by atoms with van der Waals surface area (Å²) in [7, 11) is 0. The fourth-order valence-corrected chi connectivity index (χ4v) is 2.39. The minimum Gasteiger partial charge on any atom is -0.457 e. The van der Waals surface area contributed by atoms with Crippen molar-refractivity contribution in [2.24, 2.45) is 0 Å². The molecule has 0 spiro atoms. The first-order valence-corrected chi connectivity index (χ1v) is 9.04. The summed E-state index contributed by atoms with van der Waals surface area (Å²) in [6.07, 6.45) is 1.08. The maximum atomic E-state index is 11.8. The first-order valence-electron chi connectivity index (χ1n) is 9.04. The lowest BCUT2D eigenvalue weighted by molar-refractivity contribution is -0.144. The molecular formula is C22H22O6. The van der Waals surface area contributed by atoms with Gasteiger partial charge in [0.05, 0.1) is 0 Å². The average molecular weight is 382 g/mol. The lowest BCUT2D eigenvalue weighted by atomic mass is 10.1. The Hall–Kier alpha value is -3.28. The number of ether oxygens (including phenoxy) is 2. The topological polar surface area (TPSA) is 86.7 Å². The summed E-state index contributed by atoms with van der Waals surface area (Å²) in [4.78, 5) is 47.0. The Kier molecular flexibility index (Phi) is 8.59. The van der Waals surface area contributed by atoms with E-state index in [-0.39, 0.29) is 37.6 Å². The molecule has 0 amide bonds. The van der Waals surface area contributed by atoms with Crippen molar-refractivity contribution in [1.29, 1.82) is 0 Å². The minimum atomic E-state index is -0.489. The van der Waals surface area contributed by atoms with Crippen LogP contribution in [0.3, 0.4) is 0 Å². The molecule has 6 nitrogen and oxygen atoms in total. The number of carbonyl (C=O) groups is 4. The molecule has 0 aromatic heterocycles. The molecule has 0 atom stereocenters. The van der Waals surface area contributed by atoms with Gasteiger partial charge in [-0.15, -0.1) is 0 Å². The van der Waals surface area contributed by atoms with E-state index in [0.717, 1.165) is 0 Å². The first-order chi connectivity index (χ1) is 13.6. The molecule has 146 valence electrons. The number of hydrogen-bond acceptors (Lipinski definition) is 6. The van der Waals surface area contributed by atoms with Gasteiger partial charge in [0.15, 0.2) is 24.8 Å². The first kappa shape index (κ1) is 21.0. The average Bonchev–Trinajstić information content (AvgIpc) is 2.74. The Morgan fingerprint density at radius 1 is 0.571 bits per heavy atom. The predicted molar refractivity (Wildman–Crippen MR) is 102 cm³/mol. The van der Waals surface area contributed by atoms with Crippen molar-refractivity contribution in [1.82, 2.24) is 0 Å². The van der Waals surface area contributed by atoms with Crippen LogP contribution in [0, 0.1) is 0 Å². The van der Waals surface area contributed by atoms with Crippen LogP contribution in [-0.2, 0) is 19.1 Å². The van der Waals surface area contributed by atoms with Gasteiger partial charge in [-0.3, -0.25) is 19.2 Å². The van der Waals surface area contributed by atoms with E-state index in [9.17, 15) is 19.2 Å². The summed E-state index contributed by atoms with van der Waals surface area (Å²) >= 11 is 0. The second-order valence-corrected chi connectivity index (χ2v) is 6.11. The van der Waals surface area contributed by atoms with Gasteiger partial charge in [0, 0.05) is 24.0 Å². The smallest absolute Gasteiger partial charge is 0.306 e. The molecule has 0 bridgehead atoms. The van der Waals surface area contributed by atoms with E-state index in [2.05, 4.69) is 0 Å². The van der Waals surface area contributed by atoms with Gasteiger partial charge in [-0.1, -0.05) is 60.7 Å². The second kappa shape index (κ2) is 11.4. The second-order valence-electron chi connectivity index (χ2n) is 6.11. The van der Waals surface area contributed by atoms with Gasteiger partial charge in [0.2, 0.25) is 0 Å². The van der Waals surface area contributed by atoms with Crippen LogP contribution in [0.4, 0.5) is 0 Å². The Morgan fingerprint density at radius 3 is 1.29 bits per heavy atom. The number of unbranched alkanes of at least 4 members (excludes halogenated alkanes) is 1. The van der Waals surface area contributed by atoms with Gasteiger partial charge in [-0.2, -0.15) is 0 Å². The van der Waals surface area contributed by atoms with E-state index in [1.54, 1.807) is 60.7 Å². The molecule has 0 N–H and O–H groups in total. The number of Topliss-reactive ketones (excluding diaryl/α,β-unsaturated/α-hetero) is 2. The van der Waals surface area contributed by atoms with Crippen LogP contribution < -0.4 is 0 Å². The SMILES string of the molecule is O=C(CCCCC(=O)OCC(=O)c1ccccc1)OCC(=O)c1ccccc1. The number of hydrogen-bond donors (Lipinski definition) is 0. The van der Waals surface area contributed by atoms with Gasteiger partial charge in [-0.25, -0.2) is 0 Å². The molecule has 0 aliphatic carbocycles. The largest absolute Gasteiger partial charge is 0.457 e. The molecule has 0 aliphatic heterocycles. The minimum absolute atomic E-state index is 0.109. The van der Waals surface area contributed by atoms with Crippen molar-refractivity contribution in [3.05, 3.63) is 71.8 Å². The third-order valence-corrected chi connectivity index (χ3v) is 3.93. The van der Waals surface area contributed by atoms with E-state index in [4.69, 9.17) is 9.47 Å². The highest BCUT2D eigenvalue weighted by atomic mass is 16.5. The number of carbonyl (C=O) groups excluding carboxylic acids is 4. The predicted octanol–water partition coefficient (Wildman–Crippen LogP) is 3.40. The summed E-state index contributed by atoms with van der Waals surface area (Å²) in [6, 6.07) is 17.2. The number of esters is 2. The molecule has 0 saturated carbocycles. The summed E-state index contributed by atoms with van der Waals surface area (Å²) in [6.45, 7) is -0.598.